The van der Waals surface area contributed by atoms with E-state index in [0.29, 0.717) is 24.9 Å². The van der Waals surface area contributed by atoms with Crippen molar-refractivity contribution in [2.24, 2.45) is 0 Å². The Hall–Kier alpha value is -4.41. The van der Waals surface area contributed by atoms with Crippen molar-refractivity contribution >= 4 is 0 Å². The molecule has 0 aliphatic rings. The Bertz CT molecular complexity index is 1480. The molecule has 5 aromatic rings. The van der Waals surface area contributed by atoms with Gasteiger partial charge in [0.05, 0.1) is 12.2 Å². The molecular formula is C24H26N10O. The fourth-order valence-corrected chi connectivity index (χ4v) is 4.08. The van der Waals surface area contributed by atoms with Gasteiger partial charge in [-0.3, -0.25) is 14.1 Å². The van der Waals surface area contributed by atoms with Gasteiger partial charge in [0, 0.05) is 30.2 Å². The molecule has 4 heterocycles. The summed E-state index contributed by atoms with van der Waals surface area (Å²) in [5, 5.41) is 22.4. The van der Waals surface area contributed by atoms with Gasteiger partial charge in [-0.15, -0.1) is 20.4 Å². The molecular weight excluding hydrogens is 444 g/mol. The van der Waals surface area contributed by atoms with E-state index in [9.17, 15) is 4.79 Å². The number of aromatic amines is 1. The van der Waals surface area contributed by atoms with Crippen molar-refractivity contribution in [3.63, 3.8) is 0 Å². The van der Waals surface area contributed by atoms with Crippen molar-refractivity contribution in [2.75, 3.05) is 0 Å². The number of aromatic nitrogens is 10. The quantitative estimate of drug-likeness (QED) is 0.351. The number of nitrogens with zero attached hydrogens (tertiary/aromatic N) is 9. The SMILES string of the molecule is CCCCc1cn(-c2nncn2CC)c(=O)n1Cc1cc(-c2cccc(-c3nn[nH]n3)c2)ccn1. The first-order chi connectivity index (χ1) is 17.2. The second-order valence-corrected chi connectivity index (χ2v) is 8.23. The van der Waals surface area contributed by atoms with Crippen LogP contribution in [0.5, 0.6) is 0 Å². The number of nitrogens with one attached hydrogen (secondary N) is 1. The molecule has 0 amide bonds. The van der Waals surface area contributed by atoms with Crippen LogP contribution in [0.3, 0.4) is 0 Å². The normalized spacial score (nSPS) is 11.3. The molecule has 0 radical (unpaired) electrons. The average Bonchev–Trinajstić information content (AvgIpc) is 3.65. The molecule has 0 saturated heterocycles. The first-order valence-electron chi connectivity index (χ1n) is 11.7. The molecule has 35 heavy (non-hydrogen) atoms. The summed E-state index contributed by atoms with van der Waals surface area (Å²) in [6, 6.07) is 11.9. The van der Waals surface area contributed by atoms with Crippen molar-refractivity contribution < 1.29 is 0 Å². The maximum Gasteiger partial charge on any atom is 0.335 e. The molecule has 4 aromatic heterocycles. The molecule has 0 unspecified atom stereocenters. The van der Waals surface area contributed by atoms with Gasteiger partial charge in [0.15, 0.2) is 0 Å². The molecule has 0 atom stereocenters. The summed E-state index contributed by atoms with van der Waals surface area (Å²) in [7, 11) is 0. The first-order valence-corrected chi connectivity index (χ1v) is 11.7. The van der Waals surface area contributed by atoms with E-state index < -0.39 is 0 Å². The third-order valence-corrected chi connectivity index (χ3v) is 5.94. The fourth-order valence-electron chi connectivity index (χ4n) is 4.08. The standard InChI is InChI=1S/C24H26N10O/c1-3-5-9-21-15-34(23-29-26-16-32(23)4-2)24(35)33(21)14-20-13-18(10-11-25-20)17-7-6-8-19(12-17)22-27-30-31-28-22/h6-8,10-13,15-16H,3-5,9,14H2,1-2H3,(H,27,28,30,31). The Balaban J connectivity index is 1.49. The predicted molar refractivity (Wildman–Crippen MR) is 130 cm³/mol. The molecule has 0 bridgehead atoms. The molecule has 5 rings (SSSR count). The van der Waals surface area contributed by atoms with E-state index in [1.54, 1.807) is 21.7 Å². The van der Waals surface area contributed by atoms with Crippen molar-refractivity contribution in [3.8, 4) is 28.5 Å². The molecule has 11 nitrogen and oxygen atoms in total. The van der Waals surface area contributed by atoms with Crippen LogP contribution in [0.1, 0.15) is 38.1 Å². The lowest BCUT2D eigenvalue weighted by Crippen LogP contribution is -2.26. The lowest BCUT2D eigenvalue weighted by atomic mass is 10.0. The van der Waals surface area contributed by atoms with Crippen molar-refractivity contribution in [1.29, 1.82) is 0 Å². The fraction of sp³-hybridized carbons (Fsp3) is 0.292. The second-order valence-electron chi connectivity index (χ2n) is 8.23. The third-order valence-electron chi connectivity index (χ3n) is 5.94. The first kappa shape index (κ1) is 22.4. The zero-order valence-corrected chi connectivity index (χ0v) is 19.7. The van der Waals surface area contributed by atoms with Crippen LogP contribution in [0.2, 0.25) is 0 Å². The number of aryl methyl sites for hydroxylation is 2. The molecule has 0 fully saturated rings. The zero-order chi connectivity index (χ0) is 24.2. The topological polar surface area (TPSA) is 125 Å². The molecule has 0 aliphatic carbocycles. The maximum absolute atomic E-state index is 13.4. The Morgan fingerprint density at radius 2 is 1.89 bits per heavy atom. The third kappa shape index (κ3) is 4.52. The molecule has 11 heteroatoms. The van der Waals surface area contributed by atoms with E-state index in [-0.39, 0.29) is 5.69 Å². The van der Waals surface area contributed by atoms with E-state index in [1.807, 2.05) is 54.1 Å². The molecule has 178 valence electrons. The van der Waals surface area contributed by atoms with Crippen LogP contribution < -0.4 is 5.69 Å². The van der Waals surface area contributed by atoms with Crippen LogP contribution in [-0.2, 0) is 19.5 Å². The highest BCUT2D eigenvalue weighted by Crippen LogP contribution is 2.24. The number of rotatable bonds is 9. The van der Waals surface area contributed by atoms with E-state index in [4.69, 9.17) is 0 Å². The minimum Gasteiger partial charge on any atom is -0.299 e. The highest BCUT2D eigenvalue weighted by atomic mass is 16.2. The molecule has 0 spiro atoms. The summed E-state index contributed by atoms with van der Waals surface area (Å²) in [5.41, 5.74) is 4.46. The number of unbranched alkanes of at least 4 members (excludes halogenated alkanes) is 1. The number of hydrogen-bond acceptors (Lipinski definition) is 7. The number of benzene rings is 1. The van der Waals surface area contributed by atoms with Gasteiger partial charge in [-0.25, -0.2) is 9.36 Å². The van der Waals surface area contributed by atoms with Gasteiger partial charge >= 0.3 is 5.69 Å². The Labute approximate surface area is 201 Å². The average molecular weight is 471 g/mol. The summed E-state index contributed by atoms with van der Waals surface area (Å²) in [6.45, 7) is 5.18. The van der Waals surface area contributed by atoms with Crippen LogP contribution in [0, 0.1) is 0 Å². The Kier molecular flexibility index (Phi) is 6.29. The van der Waals surface area contributed by atoms with Gasteiger partial charge in [-0.05, 0) is 54.3 Å². The molecule has 0 aliphatic heterocycles. The molecule has 1 aromatic carbocycles. The van der Waals surface area contributed by atoms with E-state index in [1.165, 1.54) is 0 Å². The summed E-state index contributed by atoms with van der Waals surface area (Å²) in [4.78, 5) is 18.0. The monoisotopic (exact) mass is 470 g/mol. The van der Waals surface area contributed by atoms with Crippen LogP contribution >= 0.6 is 0 Å². The number of imidazole rings is 1. The van der Waals surface area contributed by atoms with Gasteiger partial charge in [-0.2, -0.15) is 5.21 Å². The van der Waals surface area contributed by atoms with Gasteiger partial charge in [0.1, 0.15) is 6.33 Å². The summed E-state index contributed by atoms with van der Waals surface area (Å²) in [5.74, 6) is 1.06. The lowest BCUT2D eigenvalue weighted by Gasteiger charge is -2.09. The van der Waals surface area contributed by atoms with Crippen molar-refractivity contribution in [2.45, 2.75) is 46.2 Å². The number of pyridine rings is 1. The smallest absolute Gasteiger partial charge is 0.299 e. The summed E-state index contributed by atoms with van der Waals surface area (Å²) in [6.07, 6.45) is 8.11. The lowest BCUT2D eigenvalue weighted by molar-refractivity contribution is 0.653. The van der Waals surface area contributed by atoms with Crippen molar-refractivity contribution in [3.05, 3.63) is 77.0 Å². The van der Waals surface area contributed by atoms with Gasteiger partial charge < -0.3 is 0 Å². The minimum atomic E-state index is -0.148. The van der Waals surface area contributed by atoms with Gasteiger partial charge in [-0.1, -0.05) is 31.5 Å². The molecule has 1 N–H and O–H groups in total. The molecule has 0 saturated carbocycles. The summed E-state index contributed by atoms with van der Waals surface area (Å²) < 4.78 is 5.22. The number of hydrogen-bond donors (Lipinski definition) is 1. The van der Waals surface area contributed by atoms with Gasteiger partial charge in [0.25, 0.3) is 0 Å². The highest BCUT2D eigenvalue weighted by molar-refractivity contribution is 5.70. The largest absolute Gasteiger partial charge is 0.335 e. The van der Waals surface area contributed by atoms with E-state index in [2.05, 4.69) is 42.7 Å². The number of tetrazole rings is 1. The van der Waals surface area contributed by atoms with E-state index >= 15 is 0 Å². The summed E-state index contributed by atoms with van der Waals surface area (Å²) >= 11 is 0. The predicted octanol–water partition coefficient (Wildman–Crippen LogP) is 2.88. The van der Waals surface area contributed by atoms with Gasteiger partial charge in [0.2, 0.25) is 11.8 Å². The Morgan fingerprint density at radius 3 is 2.69 bits per heavy atom. The maximum atomic E-state index is 13.4. The van der Waals surface area contributed by atoms with Crippen LogP contribution in [-0.4, -0.2) is 49.5 Å². The Morgan fingerprint density at radius 1 is 1.03 bits per heavy atom. The van der Waals surface area contributed by atoms with Crippen LogP contribution in [0.15, 0.2) is 59.9 Å². The van der Waals surface area contributed by atoms with Crippen LogP contribution in [0.25, 0.3) is 28.5 Å². The van der Waals surface area contributed by atoms with Crippen molar-refractivity contribution in [1.82, 2.24) is 49.5 Å². The minimum absolute atomic E-state index is 0.148. The van der Waals surface area contributed by atoms with Crippen LogP contribution in [0.4, 0.5) is 0 Å². The second kappa shape index (κ2) is 9.84. The number of H-pyrrole nitrogens is 1. The van der Waals surface area contributed by atoms with E-state index in [0.717, 1.165) is 47.3 Å². The highest BCUT2D eigenvalue weighted by Gasteiger charge is 2.17. The zero-order valence-electron chi connectivity index (χ0n) is 19.7.